The lowest BCUT2D eigenvalue weighted by atomic mass is 9.99. The molecule has 1 unspecified atom stereocenters. The zero-order valence-electron chi connectivity index (χ0n) is 17.4. The molecule has 1 atom stereocenters. The third-order valence-corrected chi connectivity index (χ3v) is 5.67. The van der Waals surface area contributed by atoms with Gasteiger partial charge < -0.3 is 14.2 Å². The summed E-state index contributed by atoms with van der Waals surface area (Å²) < 4.78 is 8.17. The van der Waals surface area contributed by atoms with Crippen LogP contribution in [0.4, 0.5) is 0 Å². The molecule has 9 heteroatoms. The Labute approximate surface area is 179 Å². The van der Waals surface area contributed by atoms with E-state index in [0.29, 0.717) is 29.6 Å². The van der Waals surface area contributed by atoms with E-state index in [4.69, 9.17) is 4.74 Å². The molecule has 0 radical (unpaired) electrons. The molecule has 162 valence electrons. The van der Waals surface area contributed by atoms with Crippen molar-refractivity contribution < 1.29 is 14.3 Å². The van der Waals surface area contributed by atoms with Crippen LogP contribution in [0.3, 0.4) is 0 Å². The number of amides is 1. The summed E-state index contributed by atoms with van der Waals surface area (Å²) in [5, 5.41) is 8.19. The first-order valence-corrected chi connectivity index (χ1v) is 10.4. The normalized spacial score (nSPS) is 16.4. The van der Waals surface area contributed by atoms with Gasteiger partial charge in [-0.15, -0.1) is 5.10 Å². The van der Waals surface area contributed by atoms with Gasteiger partial charge in [-0.05, 0) is 43.5 Å². The van der Waals surface area contributed by atoms with E-state index in [2.05, 4.69) is 10.3 Å². The maximum atomic E-state index is 12.9. The Kier molecular flexibility index (Phi) is 6.11. The molecule has 1 saturated heterocycles. The summed E-state index contributed by atoms with van der Waals surface area (Å²) in [6.45, 7) is 0.578. The molecule has 1 aromatic carbocycles. The first-order valence-electron chi connectivity index (χ1n) is 10.4. The number of rotatable bonds is 6. The van der Waals surface area contributed by atoms with E-state index in [1.54, 1.807) is 24.3 Å². The molecule has 0 aliphatic carbocycles. The average Bonchev–Trinajstić information content (AvgIpc) is 3.21. The molecule has 3 heterocycles. The Morgan fingerprint density at radius 2 is 2.00 bits per heavy atom. The van der Waals surface area contributed by atoms with Crippen molar-refractivity contribution in [1.29, 1.82) is 0 Å². The standard InChI is InChI=1S/C22H25N5O4/c1-25-12-6-10-19(25)22(30)26-13-5-4-7-16(26)11-14-31-20(28)15-27-21(29)17-8-2-3-9-18(17)23-24-27/h2-3,6,8-10,12,16H,4-5,7,11,13-15H2,1H3. The van der Waals surface area contributed by atoms with Crippen molar-refractivity contribution in [3.8, 4) is 0 Å². The largest absolute Gasteiger partial charge is 0.464 e. The fraction of sp³-hybridized carbons (Fsp3) is 0.409. The van der Waals surface area contributed by atoms with Gasteiger partial charge in [-0.1, -0.05) is 17.3 Å². The molecule has 3 aromatic rings. The van der Waals surface area contributed by atoms with E-state index in [1.807, 2.05) is 34.8 Å². The number of aryl methyl sites for hydroxylation is 1. The Morgan fingerprint density at radius 1 is 1.16 bits per heavy atom. The van der Waals surface area contributed by atoms with Gasteiger partial charge in [-0.25, -0.2) is 0 Å². The molecule has 4 rings (SSSR count). The topological polar surface area (TPSA) is 99.3 Å². The quantitative estimate of drug-likeness (QED) is 0.560. The predicted octanol–water partition coefficient (Wildman–Crippen LogP) is 1.76. The number of esters is 1. The number of carbonyl (C=O) groups is 2. The molecular formula is C22H25N5O4. The van der Waals surface area contributed by atoms with Gasteiger partial charge in [0.1, 0.15) is 17.8 Å². The highest BCUT2D eigenvalue weighted by atomic mass is 16.5. The lowest BCUT2D eigenvalue weighted by Gasteiger charge is -2.35. The summed E-state index contributed by atoms with van der Waals surface area (Å²) in [5.74, 6) is -0.552. The van der Waals surface area contributed by atoms with Crippen LogP contribution < -0.4 is 5.56 Å². The number of piperidine rings is 1. The van der Waals surface area contributed by atoms with Gasteiger partial charge in [0.25, 0.3) is 11.5 Å². The molecular weight excluding hydrogens is 398 g/mol. The number of benzene rings is 1. The van der Waals surface area contributed by atoms with E-state index in [0.717, 1.165) is 23.9 Å². The molecule has 1 aliphatic heterocycles. The number of carbonyl (C=O) groups excluding carboxylic acids is 2. The van der Waals surface area contributed by atoms with Crippen LogP contribution >= 0.6 is 0 Å². The Hall–Kier alpha value is -3.49. The second kappa shape index (κ2) is 9.11. The summed E-state index contributed by atoms with van der Waals surface area (Å²) in [7, 11) is 1.85. The Bertz CT molecular complexity index is 1150. The number of hydrogen-bond donors (Lipinski definition) is 0. The van der Waals surface area contributed by atoms with Crippen molar-refractivity contribution >= 4 is 22.8 Å². The highest BCUT2D eigenvalue weighted by molar-refractivity contribution is 5.93. The summed E-state index contributed by atoms with van der Waals surface area (Å²) in [6, 6.07) is 10.5. The number of nitrogens with zero attached hydrogens (tertiary/aromatic N) is 5. The van der Waals surface area contributed by atoms with Gasteiger partial charge in [-0.3, -0.25) is 14.4 Å². The van der Waals surface area contributed by atoms with Crippen LogP contribution in [0.25, 0.3) is 10.9 Å². The minimum atomic E-state index is -0.553. The molecule has 1 amide bonds. The van der Waals surface area contributed by atoms with Gasteiger partial charge in [0.2, 0.25) is 0 Å². The second-order valence-corrected chi connectivity index (χ2v) is 7.73. The van der Waals surface area contributed by atoms with E-state index < -0.39 is 5.97 Å². The van der Waals surface area contributed by atoms with Gasteiger partial charge in [0.15, 0.2) is 0 Å². The minimum absolute atomic E-state index is 0.00140. The fourth-order valence-corrected chi connectivity index (χ4v) is 4.00. The molecule has 0 bridgehead atoms. The van der Waals surface area contributed by atoms with Crippen LogP contribution in [-0.2, 0) is 23.1 Å². The summed E-state index contributed by atoms with van der Waals surface area (Å²) in [4.78, 5) is 39.5. The second-order valence-electron chi connectivity index (χ2n) is 7.73. The SMILES string of the molecule is Cn1cccc1C(=O)N1CCCCC1CCOC(=O)Cn1nnc2ccccc2c1=O. The lowest BCUT2D eigenvalue weighted by molar-refractivity contribution is -0.145. The minimum Gasteiger partial charge on any atom is -0.464 e. The molecule has 0 spiro atoms. The highest BCUT2D eigenvalue weighted by Crippen LogP contribution is 2.22. The molecule has 0 N–H and O–H groups in total. The fourth-order valence-electron chi connectivity index (χ4n) is 4.00. The van der Waals surface area contributed by atoms with Gasteiger partial charge in [0, 0.05) is 32.3 Å². The van der Waals surface area contributed by atoms with Crippen molar-refractivity contribution in [2.45, 2.75) is 38.3 Å². The van der Waals surface area contributed by atoms with Crippen molar-refractivity contribution in [1.82, 2.24) is 24.5 Å². The maximum Gasteiger partial charge on any atom is 0.327 e. The number of likely N-dealkylation sites (tertiary alicyclic amines) is 1. The number of aromatic nitrogens is 4. The Morgan fingerprint density at radius 3 is 2.81 bits per heavy atom. The molecule has 1 aliphatic rings. The van der Waals surface area contributed by atoms with Crippen LogP contribution in [0.15, 0.2) is 47.4 Å². The van der Waals surface area contributed by atoms with Crippen LogP contribution in [0, 0.1) is 0 Å². The monoisotopic (exact) mass is 423 g/mol. The van der Waals surface area contributed by atoms with E-state index >= 15 is 0 Å². The van der Waals surface area contributed by atoms with Crippen LogP contribution in [-0.4, -0.2) is 55.5 Å². The zero-order valence-corrected chi connectivity index (χ0v) is 17.4. The smallest absolute Gasteiger partial charge is 0.327 e. The van der Waals surface area contributed by atoms with Crippen molar-refractivity contribution in [3.05, 3.63) is 58.6 Å². The molecule has 31 heavy (non-hydrogen) atoms. The molecule has 1 fully saturated rings. The van der Waals surface area contributed by atoms with Crippen molar-refractivity contribution in [2.75, 3.05) is 13.2 Å². The number of hydrogen-bond acceptors (Lipinski definition) is 6. The lowest BCUT2D eigenvalue weighted by Crippen LogP contribution is -2.45. The first-order chi connectivity index (χ1) is 15.0. The van der Waals surface area contributed by atoms with E-state index in [-0.39, 0.29) is 30.7 Å². The molecule has 2 aromatic heterocycles. The Balaban J connectivity index is 1.34. The van der Waals surface area contributed by atoms with Gasteiger partial charge in [0.05, 0.1) is 12.0 Å². The third kappa shape index (κ3) is 4.50. The van der Waals surface area contributed by atoms with Crippen molar-refractivity contribution in [3.63, 3.8) is 0 Å². The maximum absolute atomic E-state index is 12.9. The predicted molar refractivity (Wildman–Crippen MR) is 113 cm³/mol. The number of ether oxygens (including phenoxy) is 1. The van der Waals surface area contributed by atoms with Crippen LogP contribution in [0.2, 0.25) is 0 Å². The van der Waals surface area contributed by atoms with Gasteiger partial charge in [-0.2, -0.15) is 4.68 Å². The average molecular weight is 423 g/mol. The van der Waals surface area contributed by atoms with Gasteiger partial charge >= 0.3 is 5.97 Å². The molecule has 0 saturated carbocycles. The first kappa shape index (κ1) is 20.8. The number of fused-ring (bicyclic) bond motifs is 1. The van der Waals surface area contributed by atoms with Crippen molar-refractivity contribution in [2.24, 2.45) is 7.05 Å². The third-order valence-electron chi connectivity index (χ3n) is 5.67. The highest BCUT2D eigenvalue weighted by Gasteiger charge is 2.28. The zero-order chi connectivity index (χ0) is 21.8. The van der Waals surface area contributed by atoms with Crippen LogP contribution in [0.1, 0.15) is 36.2 Å². The van der Waals surface area contributed by atoms with E-state index in [9.17, 15) is 14.4 Å². The summed E-state index contributed by atoms with van der Waals surface area (Å²) in [6.07, 6.45) is 5.29. The summed E-state index contributed by atoms with van der Waals surface area (Å²) >= 11 is 0. The van der Waals surface area contributed by atoms with E-state index in [1.165, 1.54) is 0 Å². The van der Waals surface area contributed by atoms with Crippen LogP contribution in [0.5, 0.6) is 0 Å². The summed E-state index contributed by atoms with van der Waals surface area (Å²) in [5.41, 5.74) is 0.754. The molecule has 9 nitrogen and oxygen atoms in total.